The summed E-state index contributed by atoms with van der Waals surface area (Å²) in [5.41, 5.74) is 0.0659. The van der Waals surface area contributed by atoms with Gasteiger partial charge in [-0.15, -0.1) is 11.3 Å². The van der Waals surface area contributed by atoms with Gasteiger partial charge < -0.3 is 24.1 Å². The summed E-state index contributed by atoms with van der Waals surface area (Å²) >= 11 is 3.15. The van der Waals surface area contributed by atoms with Crippen LogP contribution >= 0.6 is 23.1 Å². The first-order chi connectivity index (χ1) is 19.3. The molecule has 0 unspecified atom stereocenters. The maximum Gasteiger partial charge on any atom is 0.309 e. The third-order valence-electron chi connectivity index (χ3n) is 8.71. The molecule has 2 saturated heterocycles. The predicted molar refractivity (Wildman–Crippen MR) is 159 cm³/mol. The number of nitrogens with zero attached hydrogens (tertiary/aromatic N) is 1. The molecule has 2 aliphatic rings. The molecular formula is C31H43NO7S2. The fourth-order valence-corrected chi connectivity index (χ4v) is 7.24. The van der Waals surface area contributed by atoms with Crippen LogP contribution in [0.25, 0.3) is 6.08 Å². The van der Waals surface area contributed by atoms with Gasteiger partial charge in [0.25, 0.3) is 0 Å². The normalized spacial score (nSPS) is 33.7. The summed E-state index contributed by atoms with van der Waals surface area (Å²) in [5.74, 6) is -0.0242. The third-order valence-corrected chi connectivity index (χ3v) is 10.8. The number of cyclic esters (lactones) is 1. The molecule has 0 amide bonds. The molecule has 7 atom stereocenters. The lowest BCUT2D eigenvalue weighted by Gasteiger charge is -2.34. The van der Waals surface area contributed by atoms with Gasteiger partial charge in [-0.3, -0.25) is 9.59 Å². The van der Waals surface area contributed by atoms with E-state index in [-0.39, 0.29) is 29.8 Å². The number of carbonyl (C=O) groups excluding carboxylic acids is 2. The highest BCUT2D eigenvalue weighted by Gasteiger charge is 2.53. The monoisotopic (exact) mass is 605 g/mol. The highest BCUT2D eigenvalue weighted by Crippen LogP contribution is 2.45. The summed E-state index contributed by atoms with van der Waals surface area (Å²) in [6, 6.07) is 3.80. The molecule has 0 radical (unpaired) electrons. The number of aromatic nitrogens is 1. The van der Waals surface area contributed by atoms with Gasteiger partial charge in [0.2, 0.25) is 0 Å². The fourth-order valence-electron chi connectivity index (χ4n) is 5.55. The molecule has 4 rings (SSSR count). The average Bonchev–Trinajstić information content (AvgIpc) is 3.29. The van der Waals surface area contributed by atoms with Crippen LogP contribution in [0, 0.1) is 17.3 Å². The molecule has 0 saturated carbocycles. The van der Waals surface area contributed by atoms with Gasteiger partial charge in [0.15, 0.2) is 4.34 Å². The Morgan fingerprint density at radius 2 is 2.00 bits per heavy atom. The number of hydrogen-bond acceptors (Lipinski definition) is 10. The van der Waals surface area contributed by atoms with Crippen molar-refractivity contribution < 1.29 is 33.7 Å². The summed E-state index contributed by atoms with van der Waals surface area (Å²) in [6.07, 6.45) is 3.45. The van der Waals surface area contributed by atoms with Crippen molar-refractivity contribution in [1.82, 2.24) is 4.98 Å². The van der Waals surface area contributed by atoms with Crippen LogP contribution in [0.4, 0.5) is 0 Å². The lowest BCUT2D eigenvalue weighted by molar-refractivity contribution is -0.154. The van der Waals surface area contributed by atoms with E-state index in [4.69, 9.17) is 18.9 Å². The van der Waals surface area contributed by atoms with Crippen LogP contribution in [-0.4, -0.2) is 57.0 Å². The molecule has 41 heavy (non-hydrogen) atoms. The molecule has 2 fully saturated rings. The van der Waals surface area contributed by atoms with E-state index in [0.717, 1.165) is 40.6 Å². The number of Topliss-reactive ketones (excluding diaryl/α,β-unsaturated/α-hetero) is 1. The second-order valence-electron chi connectivity index (χ2n) is 12.4. The minimum atomic E-state index is -1.25. The molecule has 0 aromatic carbocycles. The zero-order valence-electron chi connectivity index (χ0n) is 24.8. The topological polar surface area (TPSA) is 122 Å². The van der Waals surface area contributed by atoms with Crippen LogP contribution in [0.1, 0.15) is 85.1 Å². The predicted octanol–water partition coefficient (Wildman–Crippen LogP) is 6.05. The number of esters is 1. The van der Waals surface area contributed by atoms with Gasteiger partial charge in [-0.05, 0) is 56.4 Å². The van der Waals surface area contributed by atoms with Gasteiger partial charge >= 0.3 is 5.97 Å². The number of ketones is 1. The highest BCUT2D eigenvalue weighted by molar-refractivity contribution is 8.00. The molecule has 2 aromatic heterocycles. The SMILES string of the molecule is C/C(=C\c1csc(SCc2ccco2)n1)[C@@H]1C[C@@H]2O[C@]2(C)CCC[C@H](C)[C@H](O)[C@@H](C)C(=O)C(C)(C)[C@@H](O)CC(=O)O1. The Hall–Kier alpha value is -1.98. The number of fused-ring (bicyclic) bond motifs is 1. The number of carbonyl (C=O) groups is 2. The van der Waals surface area contributed by atoms with Crippen LogP contribution < -0.4 is 0 Å². The standard InChI is InChI=1S/C31H43NO7S2/c1-18-9-7-11-31(6)25(39-31)14-23(38-26(34)15-24(33)30(4,5)28(36)20(3)27(18)35)19(2)13-21-16-40-29(32-21)41-17-22-10-8-12-37-22/h8,10,12-13,16,18,20,23-25,27,33,35H,7,9,11,14-15,17H2,1-6H3/b19-13+/t18-,20+,23-,24-,25-,27-,31+/m0/s1. The maximum absolute atomic E-state index is 13.3. The average molecular weight is 606 g/mol. The summed E-state index contributed by atoms with van der Waals surface area (Å²) in [7, 11) is 0. The number of epoxide rings is 1. The minimum absolute atomic E-state index is 0.0755. The highest BCUT2D eigenvalue weighted by atomic mass is 32.2. The Balaban J connectivity index is 1.51. The summed E-state index contributed by atoms with van der Waals surface area (Å²) in [4.78, 5) is 31.1. The van der Waals surface area contributed by atoms with Gasteiger partial charge in [-0.2, -0.15) is 0 Å². The van der Waals surface area contributed by atoms with Crippen molar-refractivity contribution in [3.63, 3.8) is 0 Å². The first kappa shape index (κ1) is 31.9. The van der Waals surface area contributed by atoms with Crippen LogP contribution in [-0.2, 0) is 24.8 Å². The van der Waals surface area contributed by atoms with Gasteiger partial charge in [-0.25, -0.2) is 4.98 Å². The fraction of sp³-hybridized carbons (Fsp3) is 0.645. The second-order valence-corrected chi connectivity index (χ2v) is 14.5. The molecule has 8 nitrogen and oxygen atoms in total. The van der Waals surface area contributed by atoms with E-state index in [1.165, 1.54) is 0 Å². The molecule has 10 heteroatoms. The van der Waals surface area contributed by atoms with Gasteiger partial charge in [0, 0.05) is 17.7 Å². The second kappa shape index (κ2) is 13.1. The van der Waals surface area contributed by atoms with Crippen LogP contribution in [0.3, 0.4) is 0 Å². The van der Waals surface area contributed by atoms with E-state index in [9.17, 15) is 19.8 Å². The molecule has 226 valence electrons. The number of rotatable bonds is 5. The largest absolute Gasteiger partial charge is 0.468 e. The van der Waals surface area contributed by atoms with Crippen molar-refractivity contribution in [2.24, 2.45) is 17.3 Å². The van der Waals surface area contributed by atoms with Crippen molar-refractivity contribution in [3.05, 3.63) is 40.8 Å². The Bertz CT molecular complexity index is 1220. The van der Waals surface area contributed by atoms with Crippen molar-refractivity contribution in [2.75, 3.05) is 0 Å². The van der Waals surface area contributed by atoms with E-state index in [1.807, 2.05) is 37.4 Å². The first-order valence-corrected chi connectivity index (χ1v) is 16.2. The molecule has 2 aromatic rings. The van der Waals surface area contributed by atoms with E-state index < -0.39 is 35.6 Å². The number of thioether (sulfide) groups is 1. The number of hydrogen-bond donors (Lipinski definition) is 2. The Labute approximate surface area is 250 Å². The number of furan rings is 1. The van der Waals surface area contributed by atoms with E-state index in [0.29, 0.717) is 12.2 Å². The minimum Gasteiger partial charge on any atom is -0.468 e. The van der Waals surface area contributed by atoms with E-state index in [1.54, 1.807) is 50.1 Å². The zero-order valence-corrected chi connectivity index (χ0v) is 26.4. The van der Waals surface area contributed by atoms with Crippen LogP contribution in [0.15, 0.2) is 38.1 Å². The Morgan fingerprint density at radius 1 is 1.24 bits per heavy atom. The zero-order chi connectivity index (χ0) is 29.9. The summed E-state index contributed by atoms with van der Waals surface area (Å²) in [5, 5.41) is 23.8. The molecule has 2 aliphatic heterocycles. The maximum atomic E-state index is 13.3. The first-order valence-electron chi connectivity index (χ1n) is 14.4. The smallest absolute Gasteiger partial charge is 0.309 e. The molecular weight excluding hydrogens is 562 g/mol. The molecule has 0 bridgehead atoms. The van der Waals surface area contributed by atoms with E-state index in [2.05, 4.69) is 6.92 Å². The number of thiazole rings is 1. The van der Waals surface area contributed by atoms with Crippen LogP contribution in [0.2, 0.25) is 0 Å². The van der Waals surface area contributed by atoms with Gasteiger partial charge in [-0.1, -0.05) is 45.9 Å². The third kappa shape index (κ3) is 7.90. The van der Waals surface area contributed by atoms with Gasteiger partial charge in [0.05, 0.1) is 53.5 Å². The molecule has 2 N–H and O–H groups in total. The van der Waals surface area contributed by atoms with Gasteiger partial charge in [0.1, 0.15) is 17.6 Å². The van der Waals surface area contributed by atoms with Crippen molar-refractivity contribution in [1.29, 1.82) is 0 Å². The molecule has 4 heterocycles. The molecule has 0 spiro atoms. The Morgan fingerprint density at radius 3 is 2.71 bits per heavy atom. The van der Waals surface area contributed by atoms with Crippen LogP contribution in [0.5, 0.6) is 0 Å². The van der Waals surface area contributed by atoms with E-state index >= 15 is 0 Å². The number of aliphatic hydroxyl groups excluding tert-OH is 2. The quantitative estimate of drug-likeness (QED) is 0.238. The summed E-state index contributed by atoms with van der Waals surface area (Å²) in [6.45, 7) is 10.9. The van der Waals surface area contributed by atoms with Crippen molar-refractivity contribution >= 4 is 40.9 Å². The Kier molecular flexibility index (Phi) is 10.2. The van der Waals surface area contributed by atoms with Crippen molar-refractivity contribution in [3.8, 4) is 0 Å². The lowest BCUT2D eigenvalue weighted by Crippen LogP contribution is -2.45. The summed E-state index contributed by atoms with van der Waals surface area (Å²) < 4.78 is 18.4. The number of aliphatic hydroxyl groups is 2. The molecule has 0 aliphatic carbocycles. The lowest BCUT2D eigenvalue weighted by atomic mass is 9.73. The number of ether oxygens (including phenoxy) is 2. The van der Waals surface area contributed by atoms with Crippen molar-refractivity contribution in [2.45, 2.75) is 114 Å².